The van der Waals surface area contributed by atoms with E-state index in [1.54, 1.807) is 0 Å². The van der Waals surface area contributed by atoms with Crippen molar-refractivity contribution in [1.29, 1.82) is 0 Å². The number of hydrogen-bond donors (Lipinski definition) is 4. The minimum Gasteiger partial charge on any atom is -0.444 e. The molecule has 1 aromatic carbocycles. The summed E-state index contributed by atoms with van der Waals surface area (Å²) in [7, 11) is 0. The van der Waals surface area contributed by atoms with Gasteiger partial charge in [-0.25, -0.2) is 4.79 Å². The molecule has 2 rings (SSSR count). The molecule has 0 radical (unpaired) electrons. The van der Waals surface area contributed by atoms with E-state index in [2.05, 4.69) is 50.3 Å². The average molecular weight is 388 g/mol. The number of carbonyl (C=O) groups excluding carboxylic acids is 1. The minimum atomic E-state index is -0.487. The van der Waals surface area contributed by atoms with E-state index in [-0.39, 0.29) is 0 Å². The van der Waals surface area contributed by atoms with Crippen molar-refractivity contribution >= 4 is 23.0 Å². The van der Waals surface area contributed by atoms with Gasteiger partial charge in [0.1, 0.15) is 5.60 Å². The summed E-state index contributed by atoms with van der Waals surface area (Å²) >= 11 is 0. The summed E-state index contributed by atoms with van der Waals surface area (Å²) in [4.78, 5) is 19.6. The van der Waals surface area contributed by atoms with Gasteiger partial charge in [0.05, 0.1) is 0 Å². The van der Waals surface area contributed by atoms with Crippen LogP contribution in [0, 0.1) is 0 Å². The molecule has 0 saturated carbocycles. The van der Waals surface area contributed by atoms with Crippen LogP contribution < -0.4 is 16.0 Å². The molecule has 1 amide bonds. The highest BCUT2D eigenvalue weighted by Gasteiger charge is 2.15. The second-order valence-electron chi connectivity index (χ2n) is 7.58. The molecule has 1 heterocycles. The van der Waals surface area contributed by atoms with Gasteiger partial charge in [0, 0.05) is 43.3 Å². The predicted molar refractivity (Wildman–Crippen MR) is 115 cm³/mol. The number of rotatable bonds is 8. The highest BCUT2D eigenvalue weighted by atomic mass is 16.6. The first-order valence-corrected chi connectivity index (χ1v) is 9.93. The fraction of sp³-hybridized carbons (Fsp3) is 0.524. The quantitative estimate of drug-likeness (QED) is 0.318. The molecule has 0 bridgehead atoms. The maximum Gasteiger partial charge on any atom is 0.407 e. The van der Waals surface area contributed by atoms with Crippen LogP contribution in [0.5, 0.6) is 0 Å². The molecule has 4 N–H and O–H groups in total. The van der Waals surface area contributed by atoms with Crippen molar-refractivity contribution in [3.63, 3.8) is 0 Å². The third kappa shape index (κ3) is 7.50. The average Bonchev–Trinajstić information content (AvgIpc) is 3.04. The predicted octanol–water partition coefficient (Wildman–Crippen LogP) is 3.18. The first kappa shape index (κ1) is 21.6. The van der Waals surface area contributed by atoms with Crippen molar-refractivity contribution in [2.45, 2.75) is 46.1 Å². The number of H-pyrrole nitrogens is 1. The summed E-state index contributed by atoms with van der Waals surface area (Å²) in [6.07, 6.45) is 3.62. The van der Waals surface area contributed by atoms with Crippen molar-refractivity contribution in [2.75, 3.05) is 26.2 Å². The Labute approximate surface area is 167 Å². The lowest BCUT2D eigenvalue weighted by Gasteiger charge is -2.19. The van der Waals surface area contributed by atoms with Crippen molar-refractivity contribution in [1.82, 2.24) is 20.9 Å². The molecule has 0 atom stereocenters. The molecule has 1 aromatic heterocycles. The van der Waals surface area contributed by atoms with Gasteiger partial charge in [0.25, 0.3) is 0 Å². The van der Waals surface area contributed by atoms with Crippen LogP contribution in [0.2, 0.25) is 0 Å². The number of aryl methyl sites for hydroxylation is 1. The second-order valence-corrected chi connectivity index (χ2v) is 7.58. The normalized spacial score (nSPS) is 12.1. The fourth-order valence-corrected chi connectivity index (χ4v) is 2.80. The summed E-state index contributed by atoms with van der Waals surface area (Å²) in [5.74, 6) is 0.757. The van der Waals surface area contributed by atoms with Crippen LogP contribution in [0.25, 0.3) is 10.9 Å². The van der Waals surface area contributed by atoms with Gasteiger partial charge in [-0.2, -0.15) is 0 Å². The van der Waals surface area contributed by atoms with Gasteiger partial charge < -0.3 is 25.7 Å². The SMILES string of the molecule is CCNC(=NCCCc1c[nH]c2ccccc12)NCCNC(=O)OC(C)(C)C. The van der Waals surface area contributed by atoms with Crippen LogP contribution in [0.4, 0.5) is 4.79 Å². The molecule has 0 aliphatic carbocycles. The third-order valence-corrected chi connectivity index (χ3v) is 3.98. The summed E-state index contributed by atoms with van der Waals surface area (Å²) < 4.78 is 5.21. The van der Waals surface area contributed by atoms with Crippen LogP contribution in [0.1, 0.15) is 39.7 Å². The Morgan fingerprint density at radius 3 is 2.64 bits per heavy atom. The van der Waals surface area contributed by atoms with E-state index in [9.17, 15) is 4.79 Å². The monoisotopic (exact) mass is 387 g/mol. The number of nitrogens with one attached hydrogen (secondary N) is 4. The lowest BCUT2D eigenvalue weighted by molar-refractivity contribution is 0.0529. The Morgan fingerprint density at radius 1 is 1.14 bits per heavy atom. The molecule has 28 heavy (non-hydrogen) atoms. The fourth-order valence-electron chi connectivity index (χ4n) is 2.80. The number of aliphatic imine (C=N–C) groups is 1. The Morgan fingerprint density at radius 2 is 1.89 bits per heavy atom. The van der Waals surface area contributed by atoms with Gasteiger partial charge in [-0.15, -0.1) is 0 Å². The van der Waals surface area contributed by atoms with Crippen LogP contribution >= 0.6 is 0 Å². The summed E-state index contributed by atoms with van der Waals surface area (Å²) in [5.41, 5.74) is 2.01. The number of aromatic amines is 1. The van der Waals surface area contributed by atoms with E-state index in [0.717, 1.165) is 31.9 Å². The minimum absolute atomic E-state index is 0.407. The number of ether oxygens (including phenoxy) is 1. The smallest absolute Gasteiger partial charge is 0.407 e. The first-order valence-electron chi connectivity index (χ1n) is 9.93. The lowest BCUT2D eigenvalue weighted by atomic mass is 10.1. The van der Waals surface area contributed by atoms with E-state index >= 15 is 0 Å². The van der Waals surface area contributed by atoms with E-state index in [0.29, 0.717) is 13.1 Å². The number of nitrogens with zero attached hydrogens (tertiary/aromatic N) is 1. The van der Waals surface area contributed by atoms with Crippen molar-refractivity contribution < 1.29 is 9.53 Å². The lowest BCUT2D eigenvalue weighted by Crippen LogP contribution is -2.42. The van der Waals surface area contributed by atoms with E-state index in [1.807, 2.05) is 33.8 Å². The highest BCUT2D eigenvalue weighted by Crippen LogP contribution is 2.18. The number of hydrogen-bond acceptors (Lipinski definition) is 3. The van der Waals surface area contributed by atoms with Crippen LogP contribution in [0.15, 0.2) is 35.5 Å². The van der Waals surface area contributed by atoms with Gasteiger partial charge in [-0.3, -0.25) is 4.99 Å². The number of benzene rings is 1. The molecular weight excluding hydrogens is 354 g/mol. The number of carbonyl (C=O) groups is 1. The topological polar surface area (TPSA) is 90.5 Å². The Hall–Kier alpha value is -2.70. The molecule has 2 aromatic rings. The largest absolute Gasteiger partial charge is 0.444 e. The Kier molecular flexibility index (Phi) is 8.17. The zero-order chi connectivity index (χ0) is 20.4. The summed E-state index contributed by atoms with van der Waals surface area (Å²) in [6.45, 7) is 10.1. The maximum absolute atomic E-state index is 11.6. The molecule has 7 heteroatoms. The Bertz CT molecular complexity index is 776. The van der Waals surface area contributed by atoms with Crippen molar-refractivity contribution in [3.8, 4) is 0 Å². The molecule has 0 saturated heterocycles. The third-order valence-electron chi connectivity index (χ3n) is 3.98. The number of guanidine groups is 1. The van der Waals surface area contributed by atoms with Gasteiger partial charge in [0.15, 0.2) is 5.96 Å². The van der Waals surface area contributed by atoms with E-state index in [1.165, 1.54) is 16.5 Å². The molecule has 0 unspecified atom stereocenters. The maximum atomic E-state index is 11.6. The second kappa shape index (κ2) is 10.6. The number of alkyl carbamates (subject to hydrolysis) is 1. The first-order chi connectivity index (χ1) is 13.4. The van der Waals surface area contributed by atoms with E-state index < -0.39 is 11.7 Å². The molecule has 154 valence electrons. The summed E-state index contributed by atoms with van der Waals surface area (Å²) in [5, 5.41) is 10.5. The molecule has 0 aliphatic heterocycles. The zero-order valence-electron chi connectivity index (χ0n) is 17.4. The summed E-state index contributed by atoms with van der Waals surface area (Å²) in [6, 6.07) is 8.35. The van der Waals surface area contributed by atoms with E-state index in [4.69, 9.17) is 4.74 Å². The Balaban J connectivity index is 1.72. The van der Waals surface area contributed by atoms with Gasteiger partial charge in [0.2, 0.25) is 0 Å². The molecular formula is C21H33N5O2. The van der Waals surface area contributed by atoms with Gasteiger partial charge >= 0.3 is 6.09 Å². The zero-order valence-corrected chi connectivity index (χ0v) is 17.4. The molecule has 7 nitrogen and oxygen atoms in total. The number of aromatic nitrogens is 1. The van der Waals surface area contributed by atoms with Gasteiger partial charge in [-0.05, 0) is 52.2 Å². The van der Waals surface area contributed by atoms with Gasteiger partial charge in [-0.1, -0.05) is 18.2 Å². The molecule has 0 fully saturated rings. The van der Waals surface area contributed by atoms with Crippen molar-refractivity contribution in [2.24, 2.45) is 4.99 Å². The highest BCUT2D eigenvalue weighted by molar-refractivity contribution is 5.83. The molecule has 0 spiro atoms. The number of para-hydroxylation sites is 1. The molecule has 0 aliphatic rings. The standard InChI is InChI=1S/C21H33N5O2/c1-5-22-19(24-13-14-25-20(27)28-21(2,3)4)23-12-8-9-16-15-26-18-11-7-6-10-17(16)18/h6-7,10-11,15,26H,5,8-9,12-14H2,1-4H3,(H,25,27)(H2,22,23,24). The van der Waals surface area contributed by atoms with Crippen molar-refractivity contribution in [3.05, 3.63) is 36.0 Å². The van der Waals surface area contributed by atoms with Crippen LogP contribution in [0.3, 0.4) is 0 Å². The number of fused-ring (bicyclic) bond motifs is 1. The number of amides is 1. The van der Waals surface area contributed by atoms with Crippen LogP contribution in [-0.2, 0) is 11.2 Å². The van der Waals surface area contributed by atoms with Crippen LogP contribution in [-0.4, -0.2) is 48.8 Å².